The van der Waals surface area contributed by atoms with E-state index >= 15 is 0 Å². The van der Waals surface area contributed by atoms with E-state index in [2.05, 4.69) is 37.7 Å². The minimum Gasteiger partial charge on any atom is -0.356 e. The summed E-state index contributed by atoms with van der Waals surface area (Å²) in [4.78, 5) is 35.5. The molecule has 7 nitrogen and oxygen atoms in total. The van der Waals surface area contributed by atoms with Gasteiger partial charge >= 0.3 is 0 Å². The second-order valence-electron chi connectivity index (χ2n) is 6.67. The van der Waals surface area contributed by atoms with Crippen LogP contribution in [-0.2, 0) is 11.2 Å². The summed E-state index contributed by atoms with van der Waals surface area (Å²) in [5.41, 5.74) is 3.77. The number of rotatable bonds is 5. The van der Waals surface area contributed by atoms with Gasteiger partial charge < -0.3 is 15.6 Å². The molecule has 0 saturated carbocycles. The Labute approximate surface area is 156 Å². The highest BCUT2D eigenvalue weighted by atomic mass is 16.2. The Hall–Kier alpha value is -3.22. The first-order valence-corrected chi connectivity index (χ1v) is 9.15. The first-order chi connectivity index (χ1) is 13.2. The summed E-state index contributed by atoms with van der Waals surface area (Å²) in [5, 5.41) is 7.04. The number of aryl methyl sites for hydroxylation is 1. The average molecular weight is 363 g/mol. The fourth-order valence-corrected chi connectivity index (χ4v) is 3.62. The van der Waals surface area contributed by atoms with Gasteiger partial charge in [0.15, 0.2) is 0 Å². The van der Waals surface area contributed by atoms with E-state index in [1.165, 1.54) is 29.5 Å². The lowest BCUT2D eigenvalue weighted by molar-refractivity contribution is -0.121. The molecule has 138 valence electrons. The van der Waals surface area contributed by atoms with Crippen molar-refractivity contribution >= 4 is 22.7 Å². The van der Waals surface area contributed by atoms with Crippen LogP contribution in [0.5, 0.6) is 0 Å². The van der Waals surface area contributed by atoms with Gasteiger partial charge in [-0.2, -0.15) is 0 Å². The summed E-state index contributed by atoms with van der Waals surface area (Å²) in [6.07, 6.45) is 7.57. The molecular formula is C20H21N5O2. The number of nitrogens with one attached hydrogen (secondary N) is 3. The number of aromatic amines is 1. The smallest absolute Gasteiger partial charge is 0.271 e. The molecule has 2 amide bonds. The van der Waals surface area contributed by atoms with E-state index in [1.807, 2.05) is 12.1 Å². The van der Waals surface area contributed by atoms with E-state index in [-0.39, 0.29) is 36.5 Å². The van der Waals surface area contributed by atoms with Crippen molar-refractivity contribution in [1.29, 1.82) is 0 Å². The Morgan fingerprint density at radius 2 is 2.11 bits per heavy atom. The Kier molecular flexibility index (Phi) is 4.82. The lowest BCUT2D eigenvalue weighted by Crippen LogP contribution is -2.34. The fraction of sp³-hybridized carbons (Fsp3) is 0.300. The molecule has 0 bridgehead atoms. The van der Waals surface area contributed by atoms with Crippen molar-refractivity contribution in [2.45, 2.75) is 31.7 Å². The number of hydrogen-bond donors (Lipinski definition) is 3. The van der Waals surface area contributed by atoms with Crippen LogP contribution in [0.4, 0.5) is 0 Å². The van der Waals surface area contributed by atoms with Crippen LogP contribution in [0.15, 0.2) is 42.9 Å². The Bertz CT molecular complexity index is 967. The molecule has 2 aromatic heterocycles. The highest BCUT2D eigenvalue weighted by molar-refractivity contribution is 5.92. The SMILES string of the molecule is O=C(CCNC(=O)c1cnccn1)NC1CCCc2c1[nH]c1ccccc21. The zero-order valence-electron chi connectivity index (χ0n) is 14.9. The summed E-state index contributed by atoms with van der Waals surface area (Å²) >= 11 is 0. The standard InChI is InChI=1S/C20H21N5O2/c26-18(8-9-23-20(27)17-12-21-10-11-22-17)24-16-7-3-5-14-13-4-1-2-6-15(13)25-19(14)16/h1-2,4,6,10-12,16,25H,3,5,7-9H2,(H,23,27)(H,24,26). The summed E-state index contributed by atoms with van der Waals surface area (Å²) in [6.45, 7) is 0.257. The van der Waals surface area contributed by atoms with Gasteiger partial charge in [0.05, 0.1) is 12.2 Å². The Morgan fingerprint density at radius 3 is 2.96 bits per heavy atom. The molecule has 1 atom stereocenters. The molecule has 0 aliphatic heterocycles. The first kappa shape index (κ1) is 17.2. The minimum absolute atomic E-state index is 0.00987. The number of carbonyl (C=O) groups is 2. The van der Waals surface area contributed by atoms with Crippen LogP contribution in [0.2, 0.25) is 0 Å². The second kappa shape index (κ2) is 7.57. The molecule has 3 N–H and O–H groups in total. The molecule has 2 heterocycles. The summed E-state index contributed by atoms with van der Waals surface area (Å²) in [6, 6.07) is 8.23. The first-order valence-electron chi connectivity index (χ1n) is 9.15. The lowest BCUT2D eigenvalue weighted by atomic mass is 9.91. The third kappa shape index (κ3) is 3.67. The van der Waals surface area contributed by atoms with Gasteiger partial charge in [0, 0.05) is 42.0 Å². The van der Waals surface area contributed by atoms with Gasteiger partial charge in [0.2, 0.25) is 5.91 Å². The molecule has 1 aliphatic carbocycles. The molecule has 1 aromatic carbocycles. The molecule has 4 rings (SSSR count). The van der Waals surface area contributed by atoms with E-state index in [1.54, 1.807) is 0 Å². The third-order valence-electron chi connectivity index (χ3n) is 4.88. The maximum Gasteiger partial charge on any atom is 0.271 e. The summed E-state index contributed by atoms with van der Waals surface area (Å²) < 4.78 is 0. The maximum atomic E-state index is 12.3. The molecule has 7 heteroatoms. The number of H-pyrrole nitrogens is 1. The highest BCUT2D eigenvalue weighted by Gasteiger charge is 2.25. The van der Waals surface area contributed by atoms with Crippen molar-refractivity contribution < 1.29 is 9.59 Å². The van der Waals surface area contributed by atoms with E-state index in [4.69, 9.17) is 0 Å². The van der Waals surface area contributed by atoms with Crippen molar-refractivity contribution in [3.8, 4) is 0 Å². The third-order valence-corrected chi connectivity index (χ3v) is 4.88. The molecule has 0 fully saturated rings. The zero-order chi connectivity index (χ0) is 18.6. The zero-order valence-corrected chi connectivity index (χ0v) is 14.9. The highest BCUT2D eigenvalue weighted by Crippen LogP contribution is 2.34. The lowest BCUT2D eigenvalue weighted by Gasteiger charge is -2.24. The van der Waals surface area contributed by atoms with Gasteiger partial charge in [-0.25, -0.2) is 4.98 Å². The summed E-state index contributed by atoms with van der Waals surface area (Å²) in [5.74, 6) is -0.405. The number of para-hydroxylation sites is 1. The van der Waals surface area contributed by atoms with E-state index in [9.17, 15) is 9.59 Å². The van der Waals surface area contributed by atoms with Crippen LogP contribution >= 0.6 is 0 Å². The molecule has 0 saturated heterocycles. The molecule has 0 radical (unpaired) electrons. The van der Waals surface area contributed by atoms with Gasteiger partial charge in [-0.05, 0) is 30.9 Å². The quantitative estimate of drug-likeness (QED) is 0.647. The van der Waals surface area contributed by atoms with Crippen molar-refractivity contribution in [2.75, 3.05) is 6.54 Å². The van der Waals surface area contributed by atoms with Crippen LogP contribution in [0.3, 0.4) is 0 Å². The molecule has 27 heavy (non-hydrogen) atoms. The van der Waals surface area contributed by atoms with Crippen LogP contribution in [0.25, 0.3) is 10.9 Å². The number of fused-ring (bicyclic) bond motifs is 3. The van der Waals surface area contributed by atoms with Gasteiger partial charge in [-0.3, -0.25) is 14.6 Å². The largest absolute Gasteiger partial charge is 0.356 e. The van der Waals surface area contributed by atoms with Crippen LogP contribution in [0, 0.1) is 0 Å². The number of carbonyl (C=O) groups excluding carboxylic acids is 2. The van der Waals surface area contributed by atoms with Gasteiger partial charge in [0.25, 0.3) is 5.91 Å². The fourth-order valence-electron chi connectivity index (χ4n) is 3.62. The van der Waals surface area contributed by atoms with Crippen molar-refractivity contribution in [3.05, 3.63) is 59.8 Å². The van der Waals surface area contributed by atoms with E-state index in [0.717, 1.165) is 30.5 Å². The molecule has 1 aliphatic rings. The Balaban J connectivity index is 1.35. The number of hydrogen-bond acceptors (Lipinski definition) is 4. The topological polar surface area (TPSA) is 99.8 Å². The summed E-state index contributed by atoms with van der Waals surface area (Å²) in [7, 11) is 0. The van der Waals surface area contributed by atoms with Crippen molar-refractivity contribution in [3.63, 3.8) is 0 Å². The monoisotopic (exact) mass is 363 g/mol. The number of aromatic nitrogens is 3. The molecule has 3 aromatic rings. The van der Waals surface area contributed by atoms with Crippen molar-refractivity contribution in [1.82, 2.24) is 25.6 Å². The maximum absolute atomic E-state index is 12.3. The Morgan fingerprint density at radius 1 is 1.22 bits per heavy atom. The molecular weight excluding hydrogens is 342 g/mol. The predicted octanol–water partition coefficient (Wildman–Crippen LogP) is 2.27. The molecule has 0 spiro atoms. The van der Waals surface area contributed by atoms with Crippen LogP contribution in [-0.4, -0.2) is 33.3 Å². The van der Waals surface area contributed by atoms with Gasteiger partial charge in [0.1, 0.15) is 5.69 Å². The normalized spacial score (nSPS) is 15.9. The van der Waals surface area contributed by atoms with Crippen LogP contribution < -0.4 is 10.6 Å². The molecule has 1 unspecified atom stereocenters. The second-order valence-corrected chi connectivity index (χ2v) is 6.67. The number of benzene rings is 1. The van der Waals surface area contributed by atoms with Crippen LogP contribution in [0.1, 0.15) is 47.1 Å². The van der Waals surface area contributed by atoms with Crippen molar-refractivity contribution in [2.24, 2.45) is 0 Å². The number of nitrogens with zero attached hydrogens (tertiary/aromatic N) is 2. The predicted molar refractivity (Wildman–Crippen MR) is 101 cm³/mol. The average Bonchev–Trinajstić information content (AvgIpc) is 3.08. The van der Waals surface area contributed by atoms with Gasteiger partial charge in [-0.1, -0.05) is 18.2 Å². The van der Waals surface area contributed by atoms with Gasteiger partial charge in [-0.15, -0.1) is 0 Å². The van der Waals surface area contributed by atoms with E-state index in [0.29, 0.717) is 0 Å². The minimum atomic E-state index is -0.327. The van der Waals surface area contributed by atoms with E-state index < -0.39 is 0 Å². The number of amides is 2.